The number of rotatable bonds is 67. The van der Waals surface area contributed by atoms with Crippen LogP contribution in [-0.4, -0.2) is 105 Å². The molecule has 7 aromatic rings. The Morgan fingerprint density at radius 1 is 0.177 bits per heavy atom. The summed E-state index contributed by atoms with van der Waals surface area (Å²) in [7, 11) is 0. The molecule has 7 rings (SSSR count). The maximum Gasteiger partial charge on any atom is 0.0827 e. The smallest absolute Gasteiger partial charge is 0.0827 e. The van der Waals surface area contributed by atoms with Crippen LogP contribution in [-0.2, 0) is 90.8 Å². The maximum atomic E-state index is 4.26. The predicted octanol–water partition coefficient (Wildman–Crippen LogP) is 30.1. The largest absolute Gasteiger partial charge is 0.252 e. The van der Waals surface area contributed by atoms with Crippen LogP contribution in [0, 0.1) is 82.9 Å². The van der Waals surface area contributed by atoms with Crippen molar-refractivity contribution in [3.8, 4) is 0 Å². The van der Waals surface area contributed by atoms with Crippen molar-refractivity contribution in [1.29, 1.82) is 0 Å². The molecule has 0 aromatic carbocycles. The van der Waals surface area contributed by atoms with Gasteiger partial charge in [0.15, 0.2) is 0 Å². The summed E-state index contributed by atoms with van der Waals surface area (Å²) in [6.45, 7) is 70.7. The van der Waals surface area contributed by atoms with Crippen LogP contribution in [0.1, 0.15) is 484 Å². The topological polar surface area (TPSA) is 215 Å². The third-order valence-corrected chi connectivity index (χ3v) is 23.6. The van der Waals surface area contributed by atoms with Crippen molar-refractivity contribution in [3.63, 3.8) is 0 Å². The highest BCUT2D eigenvalue weighted by Crippen LogP contribution is 2.21. The van der Waals surface area contributed by atoms with Gasteiger partial charge in [-0.15, -0.1) is 35.7 Å². The van der Waals surface area contributed by atoms with Crippen LogP contribution in [0.25, 0.3) is 0 Å². The van der Waals surface area contributed by atoms with Crippen molar-refractivity contribution in [2.45, 2.75) is 535 Å². The zero-order valence-corrected chi connectivity index (χ0v) is 90.5. The van der Waals surface area contributed by atoms with Gasteiger partial charge in [0.05, 0.1) is 58.4 Å². The van der Waals surface area contributed by atoms with Crippen LogP contribution in [0.2, 0.25) is 0 Å². The third-order valence-electron chi connectivity index (χ3n) is 23.6. The average Bonchev–Trinajstić information content (AvgIpc) is 1.74. The minimum absolute atomic E-state index is 0.636. The number of hydrogen-bond donors (Lipinski definition) is 0. The molecule has 0 atom stereocenters. The van der Waals surface area contributed by atoms with Crippen LogP contribution >= 0.6 is 0 Å². The number of hydrogen-bond acceptors (Lipinski definition) is 14. The lowest BCUT2D eigenvalue weighted by molar-refractivity contribution is 0.453. The SMILES string of the molecule is CC(C)CCCCCCCc1cnnn1CCC(C)C.CC(C)CCCCCCn1cc(CCC(C)C)nn1.CC(C)CCCCCCn1cc(CCC(C)C)nn1.CC(C)CCCCCc1cnnn1CC(C)C.CC(C)CCCCCc1cnnn1CC(C)C.CC(C)CCCCc1cn(CCCCC(C)C)nn1.CC(C)CCCCc1cn(CCCCC(C)C)nn1. The lowest BCUT2D eigenvalue weighted by Gasteiger charge is -2.08. The van der Waals surface area contributed by atoms with Gasteiger partial charge < -0.3 is 0 Å². The van der Waals surface area contributed by atoms with E-state index < -0.39 is 0 Å². The zero-order valence-electron chi connectivity index (χ0n) is 90.5. The van der Waals surface area contributed by atoms with E-state index in [0.717, 1.165) is 185 Å². The van der Waals surface area contributed by atoms with Gasteiger partial charge in [0.2, 0.25) is 0 Å². The Kier molecular flexibility index (Phi) is 74.3. The minimum Gasteiger partial charge on any atom is -0.252 e. The monoisotopic (exact) mass is 1810 g/mol. The first-order chi connectivity index (χ1) is 62.1. The Balaban J connectivity index is 0.000000759. The van der Waals surface area contributed by atoms with E-state index in [4.69, 9.17) is 0 Å². The molecule has 0 N–H and O–H groups in total. The summed E-state index contributed by atoms with van der Waals surface area (Å²) in [6, 6.07) is 0. The Hall–Kier alpha value is -6.02. The van der Waals surface area contributed by atoms with E-state index in [1.165, 1.54) is 267 Å². The zero-order chi connectivity index (χ0) is 96.5. The molecule has 0 amide bonds. The van der Waals surface area contributed by atoms with Crippen LogP contribution in [0.3, 0.4) is 0 Å². The number of aromatic nitrogens is 21. The molecule has 0 unspecified atom stereocenters. The lowest BCUT2D eigenvalue weighted by atomic mass is 10.0. The lowest BCUT2D eigenvalue weighted by Crippen LogP contribution is -2.09. The molecule has 130 heavy (non-hydrogen) atoms. The summed E-state index contributed by atoms with van der Waals surface area (Å²) < 4.78 is 14.3. The standard InChI is InChI=1S/C17H33N3.4C16H31N3.2C14H27N3/c1-15(2)10-8-6-5-7-9-11-17-14-18-19-20(17)13-12-16(3)4;2*1-14(2)9-5-6-11-16-13-19(18-17-16)12-8-7-10-15(3)4;2*1-14(2)9-7-5-6-8-12-19-13-16(17-18-19)11-10-15(3)4;2*1-12(2)8-6-5-7-9-14-10-15-16-17(14)11-13(3)4/h14-16H,5-13H2,1-4H3;4*13-15H,5-12H2,1-4H3;2*10,12-13H,5-9,11H2,1-4H3. The molecule has 0 spiro atoms. The Morgan fingerprint density at radius 2 is 0.377 bits per heavy atom. The van der Waals surface area contributed by atoms with Gasteiger partial charge in [0.25, 0.3) is 0 Å². The fourth-order valence-electron chi connectivity index (χ4n) is 15.3. The van der Waals surface area contributed by atoms with Crippen LogP contribution in [0.5, 0.6) is 0 Å². The molecule has 0 aliphatic heterocycles. The fourth-order valence-corrected chi connectivity index (χ4v) is 15.3. The predicted molar refractivity (Wildman–Crippen MR) is 554 cm³/mol. The number of nitrogens with zero attached hydrogens (tertiary/aromatic N) is 21. The molecule has 21 heteroatoms. The molecule has 0 aliphatic rings. The van der Waals surface area contributed by atoms with E-state index in [-0.39, 0.29) is 0 Å². The summed E-state index contributed by atoms with van der Waals surface area (Å²) in [5, 5.41) is 58.4. The first-order valence-corrected chi connectivity index (χ1v) is 54.3. The highest BCUT2D eigenvalue weighted by atomic mass is 15.5. The molecular formula is C109H211N21. The molecule has 0 fully saturated rings. The number of unbranched alkanes of at least 4 members (excludes halogenated alkanes) is 18. The summed E-state index contributed by atoms with van der Waals surface area (Å²) in [5.74, 6) is 11.0. The first-order valence-electron chi connectivity index (χ1n) is 54.3. The van der Waals surface area contributed by atoms with E-state index in [0.29, 0.717) is 11.8 Å². The quantitative estimate of drug-likeness (QED) is 0.0324. The summed E-state index contributed by atoms with van der Waals surface area (Å²) in [4.78, 5) is 0. The van der Waals surface area contributed by atoms with Crippen molar-refractivity contribution in [1.82, 2.24) is 105 Å². The molecule has 0 saturated carbocycles. The molecule has 7 heterocycles. The Morgan fingerprint density at radius 3 is 0.646 bits per heavy atom. The molecule has 752 valence electrons. The van der Waals surface area contributed by atoms with Crippen LogP contribution < -0.4 is 0 Å². The second-order valence-electron chi connectivity index (χ2n) is 44.4. The van der Waals surface area contributed by atoms with Gasteiger partial charge in [-0.1, -0.05) is 404 Å². The highest BCUT2D eigenvalue weighted by Gasteiger charge is 2.13. The molecule has 0 saturated heterocycles. The summed E-state index contributed by atoms with van der Waals surface area (Å²) in [6.07, 6.45) is 72.9. The fraction of sp³-hybridized carbons (Fsp3) is 0.872. The van der Waals surface area contributed by atoms with Gasteiger partial charge >= 0.3 is 0 Å². The van der Waals surface area contributed by atoms with Gasteiger partial charge in [-0.25, -0.2) is 14.0 Å². The van der Waals surface area contributed by atoms with Gasteiger partial charge in [0.1, 0.15) is 0 Å². The molecule has 21 nitrogen and oxygen atoms in total. The minimum atomic E-state index is 0.636. The van der Waals surface area contributed by atoms with Gasteiger partial charge in [-0.3, -0.25) is 18.7 Å². The van der Waals surface area contributed by atoms with Crippen molar-refractivity contribution < 1.29 is 0 Å². The van der Waals surface area contributed by atoms with E-state index in [1.54, 1.807) is 0 Å². The molecule has 0 bridgehead atoms. The van der Waals surface area contributed by atoms with Crippen LogP contribution in [0.15, 0.2) is 43.4 Å². The van der Waals surface area contributed by atoms with Crippen molar-refractivity contribution in [3.05, 3.63) is 83.2 Å². The van der Waals surface area contributed by atoms with E-state index in [2.05, 4.69) is 305 Å². The van der Waals surface area contributed by atoms with Crippen molar-refractivity contribution in [2.24, 2.45) is 82.9 Å². The molecule has 0 aliphatic carbocycles. The Bertz CT molecular complexity index is 3290. The average molecular weight is 1820 g/mol. The second-order valence-corrected chi connectivity index (χ2v) is 44.4. The van der Waals surface area contributed by atoms with E-state index >= 15 is 0 Å². The molecule has 7 aromatic heterocycles. The number of aryl methyl sites for hydroxylation is 12. The van der Waals surface area contributed by atoms with Crippen molar-refractivity contribution >= 4 is 0 Å². The highest BCUT2D eigenvalue weighted by molar-refractivity contribution is 4.98. The van der Waals surface area contributed by atoms with Gasteiger partial charge in [-0.05, 0) is 205 Å². The normalized spacial score (nSPS) is 11.7. The van der Waals surface area contributed by atoms with Gasteiger partial charge in [0, 0.05) is 70.6 Å². The second kappa shape index (κ2) is 79.2. The maximum absolute atomic E-state index is 4.26. The third kappa shape index (κ3) is 74.3. The molecule has 0 radical (unpaired) electrons. The summed E-state index contributed by atoms with van der Waals surface area (Å²) in [5.41, 5.74) is 8.52. The molecular weight excluding hydrogens is 1600 g/mol. The van der Waals surface area contributed by atoms with Gasteiger partial charge in [-0.2, -0.15) is 0 Å². The first kappa shape index (κ1) is 122. The van der Waals surface area contributed by atoms with E-state index in [9.17, 15) is 0 Å². The Labute approximate surface area is 801 Å². The van der Waals surface area contributed by atoms with E-state index in [1.807, 2.05) is 37.3 Å². The summed E-state index contributed by atoms with van der Waals surface area (Å²) >= 11 is 0. The van der Waals surface area contributed by atoms with Crippen LogP contribution in [0.4, 0.5) is 0 Å². The van der Waals surface area contributed by atoms with Crippen molar-refractivity contribution in [2.75, 3.05) is 0 Å².